The Bertz CT molecular complexity index is 819. The summed E-state index contributed by atoms with van der Waals surface area (Å²) in [5, 5.41) is 14.5. The van der Waals surface area contributed by atoms with Crippen molar-refractivity contribution in [3.8, 4) is 0 Å². The van der Waals surface area contributed by atoms with E-state index in [1.165, 1.54) is 0 Å². The fraction of sp³-hybridized carbons (Fsp3) is 0.632. The number of nitrogens with one attached hydrogen (secondary N) is 1. The molecule has 2 aliphatic heterocycles. The smallest absolute Gasteiger partial charge is 0.248 e. The van der Waals surface area contributed by atoms with E-state index in [9.17, 15) is 13.9 Å². The topological polar surface area (TPSA) is 68.5 Å². The molecule has 2 saturated heterocycles. The highest BCUT2D eigenvalue weighted by Crippen LogP contribution is 2.39. The van der Waals surface area contributed by atoms with Gasteiger partial charge in [0.2, 0.25) is 5.92 Å². The summed E-state index contributed by atoms with van der Waals surface area (Å²) in [4.78, 5) is 4.40. The fourth-order valence-corrected chi connectivity index (χ4v) is 4.60. The predicted molar refractivity (Wildman–Crippen MR) is 93.5 cm³/mol. The molecule has 1 aromatic carbocycles. The normalized spacial score (nSPS) is 36.3. The van der Waals surface area contributed by atoms with Crippen LogP contribution >= 0.6 is 0 Å². The van der Waals surface area contributed by atoms with Crippen molar-refractivity contribution in [2.24, 2.45) is 0 Å². The Hall–Kier alpha value is -1.61. The number of aliphatic hydroxyl groups excluding tert-OH is 1. The van der Waals surface area contributed by atoms with Crippen LogP contribution in [-0.4, -0.2) is 57.8 Å². The zero-order chi connectivity index (χ0) is 18.6. The van der Waals surface area contributed by atoms with Crippen LogP contribution in [0.4, 0.5) is 8.78 Å². The molecule has 3 fully saturated rings. The van der Waals surface area contributed by atoms with Crippen molar-refractivity contribution in [2.75, 3.05) is 6.61 Å². The van der Waals surface area contributed by atoms with Crippen LogP contribution in [0.3, 0.4) is 0 Å². The van der Waals surface area contributed by atoms with Crippen molar-refractivity contribution in [3.05, 3.63) is 30.6 Å². The number of nitrogens with zero attached hydrogens (tertiary/aromatic N) is 2. The third-order valence-corrected chi connectivity index (χ3v) is 6.08. The monoisotopic (exact) mass is 379 g/mol. The second-order valence-electron chi connectivity index (χ2n) is 7.82. The number of imidazole rings is 1. The Balaban J connectivity index is 1.39. The Morgan fingerprint density at radius 2 is 2.00 bits per heavy atom. The molecule has 2 N–H and O–H groups in total. The fourth-order valence-electron chi connectivity index (χ4n) is 4.60. The molecular formula is C19H23F2N3O3. The van der Waals surface area contributed by atoms with Gasteiger partial charge in [-0.05, 0) is 25.0 Å². The minimum atomic E-state index is -2.57. The van der Waals surface area contributed by atoms with Crippen LogP contribution in [0.15, 0.2) is 30.6 Å². The molecule has 0 spiro atoms. The molecule has 6 nitrogen and oxygen atoms in total. The van der Waals surface area contributed by atoms with Crippen molar-refractivity contribution in [2.45, 2.75) is 68.2 Å². The first-order valence-electron chi connectivity index (χ1n) is 9.52. The molecular weight excluding hydrogens is 356 g/mol. The van der Waals surface area contributed by atoms with Crippen molar-refractivity contribution in [1.29, 1.82) is 0 Å². The van der Waals surface area contributed by atoms with Crippen LogP contribution in [0, 0.1) is 0 Å². The van der Waals surface area contributed by atoms with Gasteiger partial charge in [-0.3, -0.25) is 0 Å². The van der Waals surface area contributed by atoms with Crippen molar-refractivity contribution in [1.82, 2.24) is 14.9 Å². The molecule has 0 radical (unpaired) electrons. The second-order valence-corrected chi connectivity index (χ2v) is 7.82. The molecule has 1 aliphatic carbocycles. The quantitative estimate of drug-likeness (QED) is 0.856. The van der Waals surface area contributed by atoms with Gasteiger partial charge in [0.1, 0.15) is 12.1 Å². The zero-order valence-corrected chi connectivity index (χ0v) is 14.8. The molecule has 2 aromatic rings. The summed E-state index contributed by atoms with van der Waals surface area (Å²) in [5.74, 6) is -2.57. The van der Waals surface area contributed by atoms with Crippen molar-refractivity contribution in [3.63, 3.8) is 0 Å². The molecule has 5 unspecified atom stereocenters. The summed E-state index contributed by atoms with van der Waals surface area (Å²) in [6.45, 7) is 0.380. The summed E-state index contributed by atoms with van der Waals surface area (Å²) in [7, 11) is 0. The Morgan fingerprint density at radius 3 is 2.81 bits per heavy atom. The lowest BCUT2D eigenvalue weighted by molar-refractivity contribution is -0.166. The van der Waals surface area contributed by atoms with E-state index in [4.69, 9.17) is 9.47 Å². The number of alkyl halides is 2. The molecule has 27 heavy (non-hydrogen) atoms. The van der Waals surface area contributed by atoms with E-state index in [1.54, 1.807) is 6.33 Å². The molecule has 146 valence electrons. The van der Waals surface area contributed by atoms with E-state index in [2.05, 4.69) is 10.3 Å². The lowest BCUT2D eigenvalue weighted by Crippen LogP contribution is -2.60. The second kappa shape index (κ2) is 6.48. The molecule has 2 bridgehead atoms. The maximum atomic E-state index is 13.4. The number of hydrogen-bond donors (Lipinski definition) is 2. The van der Waals surface area contributed by atoms with E-state index in [0.717, 1.165) is 11.0 Å². The van der Waals surface area contributed by atoms with Crippen LogP contribution in [0.5, 0.6) is 0 Å². The molecule has 0 amide bonds. The van der Waals surface area contributed by atoms with Gasteiger partial charge in [-0.2, -0.15) is 0 Å². The first-order valence-corrected chi connectivity index (χ1v) is 9.52. The summed E-state index contributed by atoms with van der Waals surface area (Å²) < 4.78 is 40.6. The number of aliphatic hydroxyl groups is 1. The standard InChI is InChI=1S/C19H23F2N3O3/c20-19(21)7-5-11(6-8-19)23-15-14-9-26-18(27-14)16(17(15)25)24-10-22-12-3-1-2-4-13(12)24/h1-4,10-11,14-18,23,25H,5-9H2. The number of rotatable bonds is 3. The van der Waals surface area contributed by atoms with Crippen LogP contribution in [0.2, 0.25) is 0 Å². The molecule has 8 heteroatoms. The molecule has 1 aromatic heterocycles. The molecule has 5 rings (SSSR count). The number of aromatic nitrogens is 2. The van der Waals surface area contributed by atoms with Crippen LogP contribution in [0.1, 0.15) is 31.7 Å². The molecule has 1 saturated carbocycles. The predicted octanol–water partition coefficient (Wildman–Crippen LogP) is 2.23. The number of ether oxygens (including phenoxy) is 2. The molecule has 3 aliphatic rings. The van der Waals surface area contributed by atoms with Gasteiger partial charge in [-0.1, -0.05) is 12.1 Å². The number of para-hydroxylation sites is 2. The van der Waals surface area contributed by atoms with Gasteiger partial charge in [0.05, 0.1) is 36.1 Å². The highest BCUT2D eigenvalue weighted by Gasteiger charge is 2.52. The number of fused-ring (bicyclic) bond motifs is 3. The van der Waals surface area contributed by atoms with Gasteiger partial charge < -0.3 is 24.5 Å². The molecule has 3 heterocycles. The maximum absolute atomic E-state index is 13.4. The third kappa shape index (κ3) is 3.04. The van der Waals surface area contributed by atoms with Gasteiger partial charge in [-0.25, -0.2) is 13.8 Å². The lowest BCUT2D eigenvalue weighted by atomic mass is 9.89. The highest BCUT2D eigenvalue weighted by molar-refractivity contribution is 5.75. The molecule has 5 atom stereocenters. The van der Waals surface area contributed by atoms with Crippen molar-refractivity contribution < 1.29 is 23.4 Å². The number of benzene rings is 1. The van der Waals surface area contributed by atoms with Gasteiger partial charge in [-0.15, -0.1) is 0 Å². The Morgan fingerprint density at radius 1 is 1.22 bits per heavy atom. The number of halogens is 2. The van der Waals surface area contributed by atoms with Gasteiger partial charge >= 0.3 is 0 Å². The van der Waals surface area contributed by atoms with E-state index >= 15 is 0 Å². The van der Waals surface area contributed by atoms with E-state index < -0.39 is 24.4 Å². The van der Waals surface area contributed by atoms with Crippen LogP contribution < -0.4 is 5.32 Å². The largest absolute Gasteiger partial charge is 0.389 e. The highest BCUT2D eigenvalue weighted by atomic mass is 19.3. The van der Waals surface area contributed by atoms with E-state index in [1.807, 2.05) is 28.8 Å². The minimum Gasteiger partial charge on any atom is -0.389 e. The zero-order valence-electron chi connectivity index (χ0n) is 14.8. The van der Waals surface area contributed by atoms with Crippen molar-refractivity contribution >= 4 is 11.0 Å². The lowest BCUT2D eigenvalue weighted by Gasteiger charge is -2.42. The van der Waals surface area contributed by atoms with Gasteiger partial charge in [0, 0.05) is 18.9 Å². The average molecular weight is 379 g/mol. The number of hydrogen-bond acceptors (Lipinski definition) is 5. The Kier molecular flexibility index (Phi) is 4.19. The first-order chi connectivity index (χ1) is 13.0. The van der Waals surface area contributed by atoms with Gasteiger partial charge in [0.25, 0.3) is 0 Å². The third-order valence-electron chi connectivity index (χ3n) is 6.08. The Labute approximate surface area is 155 Å². The van der Waals surface area contributed by atoms with Gasteiger partial charge in [0.15, 0.2) is 6.29 Å². The summed E-state index contributed by atoms with van der Waals surface area (Å²) in [5.41, 5.74) is 1.74. The summed E-state index contributed by atoms with van der Waals surface area (Å²) in [6.07, 6.45) is 0.660. The van der Waals surface area contributed by atoms with E-state index in [-0.39, 0.29) is 31.0 Å². The first kappa shape index (κ1) is 17.5. The van der Waals surface area contributed by atoms with E-state index in [0.29, 0.717) is 19.4 Å². The summed E-state index contributed by atoms with van der Waals surface area (Å²) >= 11 is 0. The van der Waals surface area contributed by atoms with Crippen LogP contribution in [0.25, 0.3) is 11.0 Å². The average Bonchev–Trinajstić information content (AvgIpc) is 3.27. The van der Waals surface area contributed by atoms with Crippen LogP contribution in [-0.2, 0) is 9.47 Å². The minimum absolute atomic E-state index is 0.0507. The maximum Gasteiger partial charge on any atom is 0.248 e. The SMILES string of the molecule is OC1C(NC2CCC(F)(F)CC2)C2COC(O2)C1n1cnc2ccccc21. The summed E-state index contributed by atoms with van der Waals surface area (Å²) in [6, 6.07) is 6.83.